The van der Waals surface area contributed by atoms with Gasteiger partial charge in [0.1, 0.15) is 11.9 Å². The van der Waals surface area contributed by atoms with Crippen molar-refractivity contribution in [3.63, 3.8) is 0 Å². The molecular weight excluding hydrogens is 483 g/mol. The maximum absolute atomic E-state index is 15.2. The Labute approximate surface area is 199 Å². The highest BCUT2D eigenvalue weighted by Gasteiger charge is 2.58. The fourth-order valence-electron chi connectivity index (χ4n) is 4.62. The zero-order valence-electron chi connectivity index (χ0n) is 18.1. The van der Waals surface area contributed by atoms with Crippen molar-refractivity contribution in [2.75, 3.05) is 0 Å². The number of carbonyl (C=O) groups is 1. The average Bonchev–Trinajstić information content (AvgIpc) is 2.92. The van der Waals surface area contributed by atoms with E-state index in [2.05, 4.69) is 5.32 Å². The van der Waals surface area contributed by atoms with Crippen LogP contribution in [0.2, 0.25) is 10.0 Å². The maximum atomic E-state index is 15.2. The molecule has 4 N–H and O–H groups in total. The third kappa shape index (κ3) is 4.99. The van der Waals surface area contributed by atoms with Gasteiger partial charge in [0.2, 0.25) is 0 Å². The van der Waals surface area contributed by atoms with E-state index in [0.717, 1.165) is 24.3 Å². The third-order valence-electron chi connectivity index (χ3n) is 5.94. The summed E-state index contributed by atoms with van der Waals surface area (Å²) in [4.78, 5) is 12.2. The van der Waals surface area contributed by atoms with Gasteiger partial charge in [-0.3, -0.25) is 10.1 Å². The minimum Gasteiger partial charge on any atom is -0.480 e. The first-order valence-electron chi connectivity index (χ1n) is 10.2. The van der Waals surface area contributed by atoms with Crippen LogP contribution >= 0.6 is 23.2 Å². The maximum Gasteiger partial charge on any atom is 0.417 e. The minimum atomic E-state index is -4.69. The molecule has 2 aromatic rings. The lowest BCUT2D eigenvalue weighted by atomic mass is 9.68. The fourth-order valence-corrected chi connectivity index (χ4v) is 5.07. The molecule has 0 radical (unpaired) electrons. The molecule has 1 fully saturated rings. The second-order valence-corrected chi connectivity index (χ2v) is 10.4. The van der Waals surface area contributed by atoms with Gasteiger partial charge in [-0.05, 0) is 41.7 Å². The molecule has 0 bridgehead atoms. The van der Waals surface area contributed by atoms with Gasteiger partial charge in [-0.1, -0.05) is 56.1 Å². The van der Waals surface area contributed by atoms with Crippen molar-refractivity contribution in [2.24, 2.45) is 11.1 Å². The predicted octanol–water partition coefficient (Wildman–Crippen LogP) is 5.95. The van der Waals surface area contributed by atoms with Gasteiger partial charge in [0.25, 0.3) is 0 Å². The van der Waals surface area contributed by atoms with E-state index in [0.29, 0.717) is 6.42 Å². The molecule has 2 aromatic carbocycles. The summed E-state index contributed by atoms with van der Waals surface area (Å²) in [7, 11) is 0. The van der Waals surface area contributed by atoms with Crippen LogP contribution in [0.25, 0.3) is 0 Å². The summed E-state index contributed by atoms with van der Waals surface area (Å²) in [6, 6.07) is 4.86. The molecule has 1 aliphatic heterocycles. The zero-order valence-corrected chi connectivity index (χ0v) is 19.6. The number of carboxylic acids is 1. The number of rotatable bonds is 4. The predicted molar refractivity (Wildman–Crippen MR) is 119 cm³/mol. The molecule has 3 rings (SSSR count). The van der Waals surface area contributed by atoms with Crippen LogP contribution in [0.3, 0.4) is 0 Å². The van der Waals surface area contributed by atoms with E-state index >= 15 is 4.39 Å². The lowest BCUT2D eigenvalue weighted by Gasteiger charge is -2.39. The molecule has 1 saturated heterocycles. The van der Waals surface area contributed by atoms with Crippen molar-refractivity contribution < 1.29 is 27.5 Å². The largest absolute Gasteiger partial charge is 0.480 e. The summed E-state index contributed by atoms with van der Waals surface area (Å²) in [6.07, 6.45) is -4.33. The Hall–Kier alpha value is -1.87. The van der Waals surface area contributed by atoms with E-state index in [4.69, 9.17) is 28.9 Å². The lowest BCUT2D eigenvalue weighted by molar-refractivity contribution is -0.140. The van der Waals surface area contributed by atoms with Gasteiger partial charge >= 0.3 is 12.1 Å². The first kappa shape index (κ1) is 25.7. The van der Waals surface area contributed by atoms with Crippen LogP contribution < -0.4 is 11.1 Å². The number of hydrogen-bond acceptors (Lipinski definition) is 3. The summed E-state index contributed by atoms with van der Waals surface area (Å²) >= 11 is 11.8. The number of carboxylic acid groups (broad SMARTS) is 1. The summed E-state index contributed by atoms with van der Waals surface area (Å²) in [5.74, 6) is -3.13. The number of nitrogens with one attached hydrogen (secondary N) is 1. The molecule has 0 amide bonds. The highest BCUT2D eigenvalue weighted by atomic mass is 35.5. The molecule has 33 heavy (non-hydrogen) atoms. The standard InChI is InChI=1S/C23H24Cl2F4N2O2/c1-21(2,3)10-17-22(30,14-7-5-12(24)9-16(14)26)18(19(31-17)20(32)33)11-4-6-13(15(25)8-11)23(27,28)29/h4-9,17-19,31H,10,30H2,1-3H3,(H,32,33). The van der Waals surface area contributed by atoms with Crippen LogP contribution in [0.4, 0.5) is 17.6 Å². The number of halogens is 6. The molecule has 0 aromatic heterocycles. The van der Waals surface area contributed by atoms with Crippen molar-refractivity contribution in [3.8, 4) is 0 Å². The Morgan fingerprint density at radius 1 is 1.15 bits per heavy atom. The van der Waals surface area contributed by atoms with Gasteiger partial charge in [-0.25, -0.2) is 4.39 Å². The van der Waals surface area contributed by atoms with Gasteiger partial charge in [-0.2, -0.15) is 13.2 Å². The highest BCUT2D eigenvalue weighted by Crippen LogP contribution is 2.49. The molecule has 4 atom stereocenters. The monoisotopic (exact) mass is 506 g/mol. The molecule has 0 aliphatic carbocycles. The molecule has 0 spiro atoms. The van der Waals surface area contributed by atoms with E-state index in [1.807, 2.05) is 20.8 Å². The summed E-state index contributed by atoms with van der Waals surface area (Å²) < 4.78 is 54.9. The summed E-state index contributed by atoms with van der Waals surface area (Å²) in [5, 5.41) is 12.5. The summed E-state index contributed by atoms with van der Waals surface area (Å²) in [6.45, 7) is 5.77. The first-order valence-corrected chi connectivity index (χ1v) is 10.9. The molecule has 4 unspecified atom stereocenters. The van der Waals surface area contributed by atoms with Gasteiger partial charge in [0.15, 0.2) is 0 Å². The number of benzene rings is 2. The first-order chi connectivity index (χ1) is 15.1. The number of alkyl halides is 3. The van der Waals surface area contributed by atoms with E-state index < -0.39 is 52.1 Å². The molecule has 180 valence electrons. The third-order valence-corrected chi connectivity index (χ3v) is 6.49. The smallest absolute Gasteiger partial charge is 0.417 e. The Balaban J connectivity index is 2.27. The minimum absolute atomic E-state index is 0.0124. The molecular formula is C23H24Cl2F4N2O2. The van der Waals surface area contributed by atoms with Gasteiger partial charge in [0, 0.05) is 22.5 Å². The van der Waals surface area contributed by atoms with Crippen molar-refractivity contribution in [2.45, 2.75) is 56.9 Å². The average molecular weight is 507 g/mol. The zero-order chi connectivity index (χ0) is 24.9. The molecule has 1 aliphatic rings. The van der Waals surface area contributed by atoms with Crippen LogP contribution in [0.1, 0.15) is 49.8 Å². The quantitative estimate of drug-likeness (QED) is 0.447. The van der Waals surface area contributed by atoms with Crippen LogP contribution in [0.5, 0.6) is 0 Å². The Bertz CT molecular complexity index is 1070. The second-order valence-electron chi connectivity index (χ2n) is 9.57. The van der Waals surface area contributed by atoms with E-state index in [9.17, 15) is 23.1 Å². The van der Waals surface area contributed by atoms with Crippen LogP contribution in [-0.2, 0) is 16.5 Å². The molecule has 1 heterocycles. The highest BCUT2D eigenvalue weighted by molar-refractivity contribution is 6.31. The lowest BCUT2D eigenvalue weighted by Crippen LogP contribution is -2.52. The SMILES string of the molecule is CC(C)(C)CC1NC(C(=O)O)C(c2ccc(C(F)(F)F)c(Cl)c2)C1(N)c1ccc(Cl)cc1F. The topological polar surface area (TPSA) is 75.3 Å². The van der Waals surface area contributed by atoms with Gasteiger partial charge in [0.05, 0.1) is 16.1 Å². The van der Waals surface area contributed by atoms with E-state index in [-0.39, 0.29) is 21.6 Å². The number of hydrogen-bond donors (Lipinski definition) is 3. The van der Waals surface area contributed by atoms with Gasteiger partial charge < -0.3 is 10.8 Å². The van der Waals surface area contributed by atoms with Crippen molar-refractivity contribution >= 4 is 29.2 Å². The van der Waals surface area contributed by atoms with Gasteiger partial charge in [-0.15, -0.1) is 0 Å². The van der Waals surface area contributed by atoms with Crippen LogP contribution in [0.15, 0.2) is 36.4 Å². The normalized spacial score (nSPS) is 25.9. The molecule has 0 saturated carbocycles. The Morgan fingerprint density at radius 3 is 2.27 bits per heavy atom. The van der Waals surface area contributed by atoms with E-state index in [1.54, 1.807) is 0 Å². The van der Waals surface area contributed by atoms with E-state index in [1.165, 1.54) is 12.1 Å². The second kappa shape index (κ2) is 8.73. The number of aliphatic carboxylic acids is 1. The van der Waals surface area contributed by atoms with Crippen LogP contribution in [0, 0.1) is 11.2 Å². The molecule has 4 nitrogen and oxygen atoms in total. The molecule has 10 heteroatoms. The fraction of sp³-hybridized carbons (Fsp3) is 0.435. The van der Waals surface area contributed by atoms with Crippen molar-refractivity contribution in [3.05, 3.63) is 69.0 Å². The summed E-state index contributed by atoms with van der Waals surface area (Å²) in [5.41, 5.74) is 4.03. The Kier molecular flexibility index (Phi) is 6.81. The van der Waals surface area contributed by atoms with Crippen molar-refractivity contribution in [1.82, 2.24) is 5.32 Å². The Morgan fingerprint density at radius 2 is 1.79 bits per heavy atom. The number of nitrogens with two attached hydrogens (primary N) is 1. The van der Waals surface area contributed by atoms with Crippen LogP contribution in [-0.4, -0.2) is 23.2 Å². The van der Waals surface area contributed by atoms with Crippen molar-refractivity contribution in [1.29, 1.82) is 0 Å².